The number of ether oxygens (including phenoxy) is 1. The third-order valence-corrected chi connectivity index (χ3v) is 6.80. The van der Waals surface area contributed by atoms with Gasteiger partial charge in [-0.3, -0.25) is 9.80 Å². The van der Waals surface area contributed by atoms with Crippen LogP contribution in [0.15, 0.2) is 66.7 Å². The van der Waals surface area contributed by atoms with Crippen molar-refractivity contribution in [3.05, 3.63) is 94.5 Å². The van der Waals surface area contributed by atoms with Crippen LogP contribution in [-0.4, -0.2) is 35.3 Å². The van der Waals surface area contributed by atoms with E-state index in [1.807, 2.05) is 0 Å². The number of hydrogen-bond acceptors (Lipinski definition) is 4. The second-order valence-corrected chi connectivity index (χ2v) is 9.62. The number of rotatable bonds is 7. The topological polar surface area (TPSA) is 27.7 Å². The fourth-order valence-corrected chi connectivity index (χ4v) is 5.20. The minimum atomic E-state index is -4.67. The van der Waals surface area contributed by atoms with Gasteiger partial charge in [-0.25, -0.2) is 0 Å². The van der Waals surface area contributed by atoms with Crippen molar-refractivity contribution in [1.29, 1.82) is 0 Å². The lowest BCUT2D eigenvalue weighted by atomic mass is 10.0. The molecule has 0 saturated carbocycles. The first-order valence-electron chi connectivity index (χ1n) is 12.0. The van der Waals surface area contributed by atoms with E-state index in [0.717, 1.165) is 44.7 Å². The van der Waals surface area contributed by atoms with E-state index in [1.54, 1.807) is 12.1 Å². The van der Waals surface area contributed by atoms with Gasteiger partial charge in [0, 0.05) is 51.0 Å². The van der Waals surface area contributed by atoms with E-state index in [9.17, 15) is 13.2 Å². The third kappa shape index (κ3) is 6.16. The van der Waals surface area contributed by atoms with Gasteiger partial charge in [-0.1, -0.05) is 42.5 Å². The Morgan fingerprint density at radius 2 is 1.63 bits per heavy atom. The average molecular weight is 482 g/mol. The Morgan fingerprint density at radius 1 is 0.914 bits per heavy atom. The predicted octanol–water partition coefficient (Wildman–Crippen LogP) is 6.10. The molecule has 0 radical (unpaired) electrons. The maximum Gasteiger partial charge on any atom is 0.573 e. The second-order valence-electron chi connectivity index (χ2n) is 9.62. The quantitative estimate of drug-likeness (QED) is 0.442. The maximum absolute atomic E-state index is 12.4. The van der Waals surface area contributed by atoms with Gasteiger partial charge in [-0.15, -0.1) is 13.2 Å². The molecule has 1 fully saturated rings. The van der Waals surface area contributed by atoms with Crippen molar-refractivity contribution in [3.63, 3.8) is 0 Å². The number of anilines is 1. The number of fused-ring (bicyclic) bond motifs is 1. The molecule has 1 atom stereocenters. The number of halogens is 3. The Morgan fingerprint density at radius 3 is 2.37 bits per heavy atom. The standard InChI is InChI=1S/C28H30F3N3O/c1-20-13-25(32-24-11-12-33(18-24)15-21-5-3-2-4-6-21)14-23-17-34(19-27(20)23)16-22-7-9-26(10-8-22)35-28(29,30)31/h2-10,13-14,24,32H,11-12,15-19H2,1H3. The fourth-order valence-electron chi connectivity index (χ4n) is 5.20. The van der Waals surface area contributed by atoms with Gasteiger partial charge in [-0.05, 0) is 65.4 Å². The fraction of sp³-hybridized carbons (Fsp3) is 0.357. The van der Waals surface area contributed by atoms with Crippen LogP contribution < -0.4 is 10.1 Å². The molecule has 1 saturated heterocycles. The number of likely N-dealkylation sites (tertiary alicyclic amines) is 1. The molecular formula is C28H30F3N3O. The van der Waals surface area contributed by atoms with Gasteiger partial charge in [0.25, 0.3) is 0 Å². The molecule has 3 aromatic rings. The Kier molecular flexibility index (Phi) is 6.71. The summed E-state index contributed by atoms with van der Waals surface area (Å²) in [5, 5.41) is 3.75. The van der Waals surface area contributed by atoms with E-state index in [2.05, 4.69) is 69.2 Å². The van der Waals surface area contributed by atoms with Crippen molar-refractivity contribution >= 4 is 5.69 Å². The Labute approximate surface area is 204 Å². The van der Waals surface area contributed by atoms with Crippen LogP contribution in [-0.2, 0) is 26.2 Å². The summed E-state index contributed by atoms with van der Waals surface area (Å²) in [5.41, 5.74) is 7.44. The first-order valence-corrected chi connectivity index (χ1v) is 12.0. The molecule has 1 N–H and O–H groups in total. The van der Waals surface area contributed by atoms with Gasteiger partial charge in [0.2, 0.25) is 0 Å². The summed E-state index contributed by atoms with van der Waals surface area (Å²) in [5.74, 6) is -0.188. The van der Waals surface area contributed by atoms with Crippen LogP contribution in [0.2, 0.25) is 0 Å². The highest BCUT2D eigenvalue weighted by Crippen LogP contribution is 2.31. The van der Waals surface area contributed by atoms with Crippen LogP contribution in [0, 0.1) is 6.92 Å². The molecule has 4 nitrogen and oxygen atoms in total. The Balaban J connectivity index is 1.17. The molecule has 5 rings (SSSR count). The number of nitrogens with one attached hydrogen (secondary N) is 1. The normalized spacial score (nSPS) is 18.6. The second kappa shape index (κ2) is 9.91. The van der Waals surface area contributed by atoms with Crippen LogP contribution in [0.4, 0.5) is 18.9 Å². The molecule has 3 aromatic carbocycles. The van der Waals surface area contributed by atoms with E-state index in [-0.39, 0.29) is 5.75 Å². The zero-order chi connectivity index (χ0) is 24.4. The van der Waals surface area contributed by atoms with Crippen LogP contribution in [0.5, 0.6) is 5.75 Å². The van der Waals surface area contributed by atoms with Gasteiger partial charge < -0.3 is 10.1 Å². The van der Waals surface area contributed by atoms with Crippen LogP contribution in [0.25, 0.3) is 0 Å². The number of aryl methyl sites for hydroxylation is 1. The maximum atomic E-state index is 12.4. The lowest BCUT2D eigenvalue weighted by molar-refractivity contribution is -0.274. The summed E-state index contributed by atoms with van der Waals surface area (Å²) in [6.07, 6.45) is -3.54. The molecule has 2 heterocycles. The lowest BCUT2D eigenvalue weighted by Gasteiger charge is -2.18. The summed E-state index contributed by atoms with van der Waals surface area (Å²) < 4.78 is 41.1. The van der Waals surface area contributed by atoms with Gasteiger partial charge in [0.15, 0.2) is 0 Å². The van der Waals surface area contributed by atoms with Crippen molar-refractivity contribution in [2.24, 2.45) is 0 Å². The highest BCUT2D eigenvalue weighted by molar-refractivity contribution is 5.54. The molecule has 7 heteroatoms. The molecule has 35 heavy (non-hydrogen) atoms. The molecular weight excluding hydrogens is 451 g/mol. The first kappa shape index (κ1) is 23.7. The van der Waals surface area contributed by atoms with E-state index in [1.165, 1.54) is 40.1 Å². The predicted molar refractivity (Wildman–Crippen MR) is 131 cm³/mol. The van der Waals surface area contributed by atoms with E-state index < -0.39 is 6.36 Å². The highest BCUT2D eigenvalue weighted by atomic mass is 19.4. The molecule has 0 spiro atoms. The summed E-state index contributed by atoms with van der Waals surface area (Å²) in [4.78, 5) is 4.82. The van der Waals surface area contributed by atoms with Gasteiger partial charge >= 0.3 is 6.36 Å². The first-order chi connectivity index (χ1) is 16.8. The number of alkyl halides is 3. The lowest BCUT2D eigenvalue weighted by Crippen LogP contribution is -2.26. The van der Waals surface area contributed by atoms with Crippen LogP contribution >= 0.6 is 0 Å². The zero-order valence-corrected chi connectivity index (χ0v) is 19.8. The Hall–Kier alpha value is -3.03. The van der Waals surface area contributed by atoms with Crippen molar-refractivity contribution in [2.75, 3.05) is 18.4 Å². The van der Waals surface area contributed by atoms with E-state index in [0.29, 0.717) is 12.6 Å². The number of hydrogen-bond donors (Lipinski definition) is 1. The van der Waals surface area contributed by atoms with Crippen molar-refractivity contribution < 1.29 is 17.9 Å². The molecule has 0 amide bonds. The monoisotopic (exact) mass is 481 g/mol. The molecule has 184 valence electrons. The van der Waals surface area contributed by atoms with Crippen molar-refractivity contribution in [1.82, 2.24) is 9.80 Å². The van der Waals surface area contributed by atoms with E-state index in [4.69, 9.17) is 0 Å². The van der Waals surface area contributed by atoms with Gasteiger partial charge in [0.05, 0.1) is 0 Å². The minimum absolute atomic E-state index is 0.188. The van der Waals surface area contributed by atoms with E-state index >= 15 is 0 Å². The molecule has 0 aliphatic carbocycles. The SMILES string of the molecule is Cc1cc(NC2CCN(Cc3ccccc3)C2)cc2c1CN(Cc1ccc(OC(F)(F)F)cc1)C2. The molecule has 1 unspecified atom stereocenters. The van der Waals surface area contributed by atoms with Crippen LogP contribution in [0.1, 0.15) is 34.2 Å². The van der Waals surface area contributed by atoms with Crippen molar-refractivity contribution in [3.8, 4) is 5.75 Å². The molecule has 2 aliphatic heterocycles. The third-order valence-electron chi connectivity index (χ3n) is 6.80. The summed E-state index contributed by atoms with van der Waals surface area (Å²) in [6.45, 7) is 7.63. The average Bonchev–Trinajstić information content (AvgIpc) is 3.41. The number of benzene rings is 3. The summed E-state index contributed by atoms with van der Waals surface area (Å²) in [6, 6.07) is 21.7. The number of nitrogens with zero attached hydrogens (tertiary/aromatic N) is 2. The summed E-state index contributed by atoms with van der Waals surface area (Å²) in [7, 11) is 0. The van der Waals surface area contributed by atoms with Crippen molar-refractivity contribution in [2.45, 2.75) is 51.9 Å². The minimum Gasteiger partial charge on any atom is -0.406 e. The molecule has 0 aromatic heterocycles. The zero-order valence-electron chi connectivity index (χ0n) is 19.8. The smallest absolute Gasteiger partial charge is 0.406 e. The van der Waals surface area contributed by atoms with Crippen LogP contribution in [0.3, 0.4) is 0 Å². The molecule has 0 bridgehead atoms. The summed E-state index contributed by atoms with van der Waals surface area (Å²) >= 11 is 0. The molecule has 2 aliphatic rings. The highest BCUT2D eigenvalue weighted by Gasteiger charge is 2.31. The van der Waals surface area contributed by atoms with Gasteiger partial charge in [-0.2, -0.15) is 0 Å². The Bertz CT molecular complexity index is 1150. The van der Waals surface area contributed by atoms with Gasteiger partial charge in [0.1, 0.15) is 5.75 Å². The largest absolute Gasteiger partial charge is 0.573 e.